The van der Waals surface area contributed by atoms with Gasteiger partial charge in [-0.25, -0.2) is 0 Å². The first kappa shape index (κ1) is 11.0. The first-order valence-electron chi connectivity index (χ1n) is 4.12. The van der Waals surface area contributed by atoms with Crippen LogP contribution in [0.2, 0.25) is 0 Å². The van der Waals surface area contributed by atoms with Crippen LogP contribution in [0.3, 0.4) is 0 Å². The average Bonchev–Trinajstić information content (AvgIpc) is 2.14. The van der Waals surface area contributed by atoms with Crippen LogP contribution in [0.15, 0.2) is 24.3 Å². The van der Waals surface area contributed by atoms with E-state index in [1.165, 1.54) is 0 Å². The van der Waals surface area contributed by atoms with Crippen LogP contribution in [0.1, 0.15) is 5.56 Å². The van der Waals surface area contributed by atoms with Crippen molar-refractivity contribution >= 4 is 15.8 Å². The number of hydrogen-bond acceptors (Lipinski definition) is 4. The molecule has 1 aromatic rings. The van der Waals surface area contributed by atoms with E-state index in [0.717, 1.165) is 17.5 Å². The number of rotatable bonds is 4. The predicted octanol–water partition coefficient (Wildman–Crippen LogP) is 1.20. The number of nitrogens with one attached hydrogen (secondary N) is 1. The fourth-order valence-corrected chi connectivity index (χ4v) is 1.34. The Kier molecular flexibility index (Phi) is 3.49. The molecular formula is C9H13NO3S. The summed E-state index contributed by atoms with van der Waals surface area (Å²) in [6.07, 6.45) is 1.04. The van der Waals surface area contributed by atoms with Crippen LogP contribution >= 0.6 is 0 Å². The SMILES string of the molecule is CNc1cccc(COS(C)(=O)=O)c1. The Morgan fingerprint density at radius 3 is 2.71 bits per heavy atom. The molecule has 1 rings (SSSR count). The van der Waals surface area contributed by atoms with Crippen molar-refractivity contribution < 1.29 is 12.6 Å². The highest BCUT2D eigenvalue weighted by molar-refractivity contribution is 7.85. The summed E-state index contributed by atoms with van der Waals surface area (Å²) in [5, 5.41) is 2.96. The van der Waals surface area contributed by atoms with Crippen molar-refractivity contribution in [3.8, 4) is 0 Å². The van der Waals surface area contributed by atoms with Crippen LogP contribution in [0.5, 0.6) is 0 Å². The van der Waals surface area contributed by atoms with Crippen LogP contribution in [0, 0.1) is 0 Å². The van der Waals surface area contributed by atoms with Crippen LogP contribution in [-0.2, 0) is 20.9 Å². The van der Waals surface area contributed by atoms with E-state index in [4.69, 9.17) is 0 Å². The summed E-state index contributed by atoms with van der Waals surface area (Å²) in [5.41, 5.74) is 1.75. The molecule has 0 bridgehead atoms. The Labute approximate surface area is 84.0 Å². The fraction of sp³-hybridized carbons (Fsp3) is 0.333. The summed E-state index contributed by atoms with van der Waals surface area (Å²) >= 11 is 0. The summed E-state index contributed by atoms with van der Waals surface area (Å²) in [6.45, 7) is 0.0777. The summed E-state index contributed by atoms with van der Waals surface area (Å²) in [5.74, 6) is 0. The molecule has 0 radical (unpaired) electrons. The van der Waals surface area contributed by atoms with Gasteiger partial charge in [0.05, 0.1) is 12.9 Å². The van der Waals surface area contributed by atoms with Gasteiger partial charge < -0.3 is 5.32 Å². The van der Waals surface area contributed by atoms with E-state index < -0.39 is 10.1 Å². The fourth-order valence-electron chi connectivity index (χ4n) is 0.992. The molecule has 0 unspecified atom stereocenters. The van der Waals surface area contributed by atoms with Gasteiger partial charge in [-0.1, -0.05) is 12.1 Å². The van der Waals surface area contributed by atoms with Gasteiger partial charge in [-0.3, -0.25) is 4.18 Å². The molecule has 0 aliphatic rings. The summed E-state index contributed by atoms with van der Waals surface area (Å²) in [7, 11) is -1.56. The molecule has 1 aromatic carbocycles. The van der Waals surface area contributed by atoms with Crippen molar-refractivity contribution in [2.75, 3.05) is 18.6 Å². The molecule has 0 fully saturated rings. The lowest BCUT2D eigenvalue weighted by atomic mass is 10.2. The highest BCUT2D eigenvalue weighted by Gasteiger charge is 2.02. The lowest BCUT2D eigenvalue weighted by Crippen LogP contribution is -2.02. The zero-order valence-electron chi connectivity index (χ0n) is 8.15. The molecule has 5 heteroatoms. The molecule has 14 heavy (non-hydrogen) atoms. The zero-order chi connectivity index (χ0) is 10.6. The lowest BCUT2D eigenvalue weighted by molar-refractivity contribution is 0.312. The summed E-state index contributed by atoms with van der Waals surface area (Å²) in [4.78, 5) is 0. The van der Waals surface area contributed by atoms with Gasteiger partial charge >= 0.3 is 0 Å². The molecule has 0 atom stereocenters. The maximum absolute atomic E-state index is 10.7. The van der Waals surface area contributed by atoms with Gasteiger partial charge in [0.1, 0.15) is 0 Å². The van der Waals surface area contributed by atoms with Crippen molar-refractivity contribution in [2.24, 2.45) is 0 Å². The van der Waals surface area contributed by atoms with Crippen molar-refractivity contribution in [3.05, 3.63) is 29.8 Å². The molecule has 0 aliphatic heterocycles. The van der Waals surface area contributed by atoms with E-state index in [1.54, 1.807) is 7.05 Å². The molecule has 0 aliphatic carbocycles. The number of benzene rings is 1. The quantitative estimate of drug-likeness (QED) is 0.767. The molecule has 0 spiro atoms. The third-order valence-electron chi connectivity index (χ3n) is 1.66. The van der Waals surface area contributed by atoms with E-state index in [-0.39, 0.29) is 6.61 Å². The van der Waals surface area contributed by atoms with Gasteiger partial charge in [-0.15, -0.1) is 0 Å². The van der Waals surface area contributed by atoms with Crippen LogP contribution in [0.4, 0.5) is 5.69 Å². The van der Waals surface area contributed by atoms with Crippen molar-refractivity contribution in [1.29, 1.82) is 0 Å². The van der Waals surface area contributed by atoms with Gasteiger partial charge in [-0.05, 0) is 17.7 Å². The van der Waals surface area contributed by atoms with Crippen LogP contribution < -0.4 is 5.32 Å². The minimum absolute atomic E-state index is 0.0777. The summed E-state index contributed by atoms with van der Waals surface area (Å²) < 4.78 is 26.1. The largest absolute Gasteiger partial charge is 0.388 e. The standard InChI is InChI=1S/C9H13NO3S/c1-10-9-5-3-4-8(6-9)7-13-14(2,11)12/h3-6,10H,7H2,1-2H3. The topological polar surface area (TPSA) is 55.4 Å². The van der Waals surface area contributed by atoms with Crippen molar-refractivity contribution in [3.63, 3.8) is 0 Å². The van der Waals surface area contributed by atoms with Gasteiger partial charge in [0, 0.05) is 12.7 Å². The number of hydrogen-bond donors (Lipinski definition) is 1. The monoisotopic (exact) mass is 215 g/mol. The average molecular weight is 215 g/mol. The molecule has 0 saturated heterocycles. The van der Waals surface area contributed by atoms with E-state index in [9.17, 15) is 8.42 Å². The lowest BCUT2D eigenvalue weighted by Gasteiger charge is -2.04. The molecule has 0 aromatic heterocycles. The molecule has 0 saturated carbocycles. The third kappa shape index (κ3) is 3.76. The molecule has 1 N–H and O–H groups in total. The Morgan fingerprint density at radius 1 is 1.43 bits per heavy atom. The molecule has 0 heterocycles. The van der Waals surface area contributed by atoms with Gasteiger partial charge in [0.2, 0.25) is 0 Å². The van der Waals surface area contributed by atoms with E-state index in [2.05, 4.69) is 9.50 Å². The highest BCUT2D eigenvalue weighted by atomic mass is 32.2. The Bertz CT molecular complexity index is 400. The second kappa shape index (κ2) is 4.43. The summed E-state index contributed by atoms with van der Waals surface area (Å²) in [6, 6.07) is 7.38. The molecule has 4 nitrogen and oxygen atoms in total. The Balaban J connectivity index is 2.68. The molecular weight excluding hydrogens is 202 g/mol. The Morgan fingerprint density at radius 2 is 2.14 bits per heavy atom. The smallest absolute Gasteiger partial charge is 0.264 e. The third-order valence-corrected chi connectivity index (χ3v) is 2.20. The van der Waals surface area contributed by atoms with E-state index in [0.29, 0.717) is 0 Å². The van der Waals surface area contributed by atoms with Crippen molar-refractivity contribution in [2.45, 2.75) is 6.61 Å². The second-order valence-electron chi connectivity index (χ2n) is 2.92. The first-order valence-corrected chi connectivity index (χ1v) is 5.94. The maximum atomic E-state index is 10.7. The highest BCUT2D eigenvalue weighted by Crippen LogP contribution is 2.11. The maximum Gasteiger partial charge on any atom is 0.264 e. The normalized spacial score (nSPS) is 11.3. The first-order chi connectivity index (χ1) is 6.51. The Hall–Kier alpha value is -1.07. The predicted molar refractivity (Wildman–Crippen MR) is 55.6 cm³/mol. The van der Waals surface area contributed by atoms with E-state index >= 15 is 0 Å². The van der Waals surface area contributed by atoms with Crippen molar-refractivity contribution in [1.82, 2.24) is 0 Å². The van der Waals surface area contributed by atoms with Gasteiger partial charge in [0.25, 0.3) is 10.1 Å². The van der Waals surface area contributed by atoms with Crippen LogP contribution in [-0.4, -0.2) is 21.7 Å². The molecule has 78 valence electrons. The zero-order valence-corrected chi connectivity index (χ0v) is 8.97. The van der Waals surface area contributed by atoms with Gasteiger partial charge in [-0.2, -0.15) is 8.42 Å². The minimum atomic E-state index is -3.36. The van der Waals surface area contributed by atoms with Crippen LogP contribution in [0.25, 0.3) is 0 Å². The van der Waals surface area contributed by atoms with E-state index in [1.807, 2.05) is 24.3 Å². The molecule has 0 amide bonds. The minimum Gasteiger partial charge on any atom is -0.388 e. The second-order valence-corrected chi connectivity index (χ2v) is 4.56. The number of anilines is 1. The van der Waals surface area contributed by atoms with Gasteiger partial charge in [0.15, 0.2) is 0 Å².